The summed E-state index contributed by atoms with van der Waals surface area (Å²) in [7, 11) is 0. The molecule has 0 fully saturated rings. The van der Waals surface area contributed by atoms with Crippen LogP contribution in [0.1, 0.15) is 0 Å². The lowest BCUT2D eigenvalue weighted by molar-refractivity contribution is 1.19. The molecule has 0 N–H and O–H groups in total. The van der Waals surface area contributed by atoms with Gasteiger partial charge in [0.25, 0.3) is 0 Å². The summed E-state index contributed by atoms with van der Waals surface area (Å²) < 4.78 is 5.05. The Kier molecular flexibility index (Phi) is 6.39. The Morgan fingerprint density at radius 3 is 1.80 bits per heavy atom. The number of hydrogen-bond acceptors (Lipinski definition) is 2. The van der Waals surface area contributed by atoms with Crippen molar-refractivity contribution < 1.29 is 0 Å². The number of para-hydroxylation sites is 3. The Hall–Kier alpha value is -6.16. The first kappa shape index (κ1) is 27.9. The van der Waals surface area contributed by atoms with Gasteiger partial charge in [-0.15, -0.1) is 11.3 Å². The van der Waals surface area contributed by atoms with Gasteiger partial charge in [-0.1, -0.05) is 121 Å². The maximum absolute atomic E-state index is 2.45. The van der Waals surface area contributed by atoms with Gasteiger partial charge >= 0.3 is 0 Å². The molecule has 0 aliphatic carbocycles. The van der Waals surface area contributed by atoms with Crippen LogP contribution in [0.5, 0.6) is 0 Å². The Morgan fingerprint density at radius 1 is 0.388 bits per heavy atom. The molecule has 0 aliphatic rings. The van der Waals surface area contributed by atoms with Crippen molar-refractivity contribution in [3.8, 4) is 16.8 Å². The van der Waals surface area contributed by atoms with Crippen LogP contribution in [0.25, 0.3) is 69.6 Å². The standard InChI is InChI=1S/C46H30N2S/c1-2-15-33(16-3-1)47(35-26-27-40-39-21-8-11-24-44(39)49-45(40)30-35)34-17-12-14-32(29-34)46-36-18-5-4-13-31(36)25-28-43(46)48-41-22-9-6-19-37(41)38-20-7-10-23-42(38)48/h1-30H. The first-order valence-electron chi connectivity index (χ1n) is 16.7. The van der Waals surface area contributed by atoms with Crippen molar-refractivity contribution >= 4 is 81.1 Å². The molecule has 49 heavy (non-hydrogen) atoms. The molecular formula is C46H30N2S. The van der Waals surface area contributed by atoms with Gasteiger partial charge in [-0.3, -0.25) is 0 Å². The topological polar surface area (TPSA) is 8.17 Å². The van der Waals surface area contributed by atoms with Gasteiger partial charge < -0.3 is 9.47 Å². The number of nitrogens with zero attached hydrogens (tertiary/aromatic N) is 2. The summed E-state index contributed by atoms with van der Waals surface area (Å²) in [4.78, 5) is 2.39. The Labute approximate surface area is 288 Å². The van der Waals surface area contributed by atoms with Gasteiger partial charge in [0.1, 0.15) is 0 Å². The molecule has 0 spiro atoms. The minimum Gasteiger partial charge on any atom is -0.310 e. The highest BCUT2D eigenvalue weighted by molar-refractivity contribution is 7.25. The van der Waals surface area contributed by atoms with Crippen molar-refractivity contribution in [2.75, 3.05) is 4.90 Å². The van der Waals surface area contributed by atoms with Crippen LogP contribution < -0.4 is 4.90 Å². The number of anilines is 3. The van der Waals surface area contributed by atoms with Crippen LogP contribution >= 0.6 is 11.3 Å². The highest BCUT2D eigenvalue weighted by Gasteiger charge is 2.20. The maximum atomic E-state index is 2.45. The minimum absolute atomic E-state index is 1.12. The number of rotatable bonds is 5. The molecule has 0 radical (unpaired) electrons. The van der Waals surface area contributed by atoms with Gasteiger partial charge in [-0.05, 0) is 77.0 Å². The first-order valence-corrected chi connectivity index (χ1v) is 17.5. The molecular weight excluding hydrogens is 613 g/mol. The van der Waals surface area contributed by atoms with E-state index in [0.717, 1.165) is 17.1 Å². The summed E-state index contributed by atoms with van der Waals surface area (Å²) >= 11 is 1.86. The van der Waals surface area contributed by atoms with E-state index in [1.165, 1.54) is 69.6 Å². The van der Waals surface area contributed by atoms with E-state index in [1.807, 2.05) is 11.3 Å². The molecule has 2 aromatic heterocycles. The molecule has 10 rings (SSSR count). The number of thiophene rings is 1. The second-order valence-electron chi connectivity index (χ2n) is 12.6. The van der Waals surface area contributed by atoms with Crippen molar-refractivity contribution in [3.63, 3.8) is 0 Å². The number of hydrogen-bond donors (Lipinski definition) is 0. The van der Waals surface area contributed by atoms with Crippen molar-refractivity contribution in [2.24, 2.45) is 0 Å². The predicted octanol–water partition coefficient (Wildman–Crippen LogP) is 13.4. The highest BCUT2D eigenvalue weighted by atomic mass is 32.1. The molecule has 3 heteroatoms. The fourth-order valence-electron chi connectivity index (χ4n) is 7.61. The third-order valence-corrected chi connectivity index (χ3v) is 10.9. The lowest BCUT2D eigenvalue weighted by Crippen LogP contribution is -2.10. The quantitative estimate of drug-likeness (QED) is 0.181. The van der Waals surface area contributed by atoms with Crippen molar-refractivity contribution in [1.82, 2.24) is 4.57 Å². The summed E-state index contributed by atoms with van der Waals surface area (Å²) in [5, 5.41) is 7.60. The number of fused-ring (bicyclic) bond motifs is 7. The van der Waals surface area contributed by atoms with E-state index >= 15 is 0 Å². The second-order valence-corrected chi connectivity index (χ2v) is 13.6. The molecule has 0 saturated carbocycles. The Balaban J connectivity index is 1.22. The molecule has 0 saturated heterocycles. The number of aromatic nitrogens is 1. The molecule has 0 aliphatic heterocycles. The zero-order valence-electron chi connectivity index (χ0n) is 26.6. The fraction of sp³-hybridized carbons (Fsp3) is 0. The van der Waals surface area contributed by atoms with E-state index in [0.29, 0.717) is 0 Å². The van der Waals surface area contributed by atoms with Crippen molar-refractivity contribution in [3.05, 3.63) is 182 Å². The van der Waals surface area contributed by atoms with E-state index in [-0.39, 0.29) is 0 Å². The van der Waals surface area contributed by atoms with Gasteiger partial charge in [0.15, 0.2) is 0 Å². The van der Waals surface area contributed by atoms with Crippen LogP contribution in [0, 0.1) is 0 Å². The van der Waals surface area contributed by atoms with Crippen LogP contribution in [0.15, 0.2) is 182 Å². The summed E-state index contributed by atoms with van der Waals surface area (Å²) in [5.41, 5.74) is 9.37. The predicted molar refractivity (Wildman–Crippen MR) is 211 cm³/mol. The number of benzene rings is 8. The smallest absolute Gasteiger partial charge is 0.0547 e. The van der Waals surface area contributed by atoms with Crippen LogP contribution in [-0.4, -0.2) is 4.57 Å². The van der Waals surface area contributed by atoms with Gasteiger partial charge in [-0.25, -0.2) is 0 Å². The van der Waals surface area contributed by atoms with Crippen LogP contribution in [0.4, 0.5) is 17.1 Å². The van der Waals surface area contributed by atoms with Crippen LogP contribution in [-0.2, 0) is 0 Å². The third kappa shape index (κ3) is 4.47. The maximum Gasteiger partial charge on any atom is 0.0547 e. The average Bonchev–Trinajstić information content (AvgIpc) is 3.70. The summed E-state index contributed by atoms with van der Waals surface area (Å²) in [5.74, 6) is 0. The van der Waals surface area contributed by atoms with Gasteiger partial charge in [0.05, 0.1) is 16.7 Å². The van der Waals surface area contributed by atoms with Gasteiger partial charge in [0, 0.05) is 53.6 Å². The molecule has 0 bridgehead atoms. The third-order valence-electron chi connectivity index (χ3n) is 9.76. The fourth-order valence-corrected chi connectivity index (χ4v) is 8.75. The van der Waals surface area contributed by atoms with Gasteiger partial charge in [-0.2, -0.15) is 0 Å². The summed E-state index contributed by atoms with van der Waals surface area (Å²) in [6.45, 7) is 0. The van der Waals surface area contributed by atoms with Gasteiger partial charge in [0.2, 0.25) is 0 Å². The normalized spacial score (nSPS) is 11.7. The van der Waals surface area contributed by atoms with E-state index < -0.39 is 0 Å². The molecule has 0 amide bonds. The first-order chi connectivity index (χ1) is 24.3. The van der Waals surface area contributed by atoms with E-state index in [2.05, 4.69) is 191 Å². The SMILES string of the molecule is c1ccc(N(c2cccc(-c3c(-n4c5ccccc5c5ccccc54)ccc4ccccc34)c2)c2ccc3c(c2)sc2ccccc23)cc1. The Bertz CT molecular complexity index is 2790. The lowest BCUT2D eigenvalue weighted by atomic mass is 9.95. The molecule has 0 atom stereocenters. The van der Waals surface area contributed by atoms with Crippen LogP contribution in [0.3, 0.4) is 0 Å². The summed E-state index contributed by atoms with van der Waals surface area (Å²) in [6, 6.07) is 66.2. The highest BCUT2D eigenvalue weighted by Crippen LogP contribution is 2.44. The summed E-state index contributed by atoms with van der Waals surface area (Å²) in [6.07, 6.45) is 0. The molecule has 0 unspecified atom stereocenters. The van der Waals surface area contributed by atoms with Crippen LogP contribution in [0.2, 0.25) is 0 Å². The second kappa shape index (κ2) is 11.2. The lowest BCUT2D eigenvalue weighted by Gasteiger charge is -2.26. The molecule has 230 valence electrons. The van der Waals surface area contributed by atoms with Crippen molar-refractivity contribution in [1.29, 1.82) is 0 Å². The average molecular weight is 643 g/mol. The zero-order valence-corrected chi connectivity index (χ0v) is 27.4. The zero-order chi connectivity index (χ0) is 32.3. The molecule has 10 aromatic rings. The molecule has 8 aromatic carbocycles. The van der Waals surface area contributed by atoms with E-state index in [4.69, 9.17) is 0 Å². The molecule has 2 heterocycles. The Morgan fingerprint density at radius 2 is 1.00 bits per heavy atom. The monoisotopic (exact) mass is 642 g/mol. The largest absolute Gasteiger partial charge is 0.310 e. The van der Waals surface area contributed by atoms with Crippen molar-refractivity contribution in [2.45, 2.75) is 0 Å². The minimum atomic E-state index is 1.12. The van der Waals surface area contributed by atoms with E-state index in [1.54, 1.807) is 0 Å². The molecule has 2 nitrogen and oxygen atoms in total. The van der Waals surface area contributed by atoms with E-state index in [9.17, 15) is 0 Å².